The fourth-order valence-corrected chi connectivity index (χ4v) is 4.84. The van der Waals surface area contributed by atoms with Crippen molar-refractivity contribution < 1.29 is 0 Å². The van der Waals surface area contributed by atoms with Crippen molar-refractivity contribution in [3.8, 4) is 0 Å². The second-order valence-corrected chi connectivity index (χ2v) is 9.20. The van der Waals surface area contributed by atoms with E-state index in [9.17, 15) is 0 Å². The van der Waals surface area contributed by atoms with E-state index in [0.717, 1.165) is 30.3 Å². The van der Waals surface area contributed by atoms with Crippen molar-refractivity contribution in [2.45, 2.75) is 70.6 Å². The summed E-state index contributed by atoms with van der Waals surface area (Å²) in [6.45, 7) is 10.4. The maximum Gasteiger partial charge on any atom is 0.0161 e. The molecular weight excluding hydrogens is 238 g/mol. The van der Waals surface area contributed by atoms with Crippen molar-refractivity contribution in [3.63, 3.8) is 0 Å². The number of hydrogen-bond acceptors (Lipinski definition) is 2. The molecular formula is C16H31NS. The summed E-state index contributed by atoms with van der Waals surface area (Å²) in [6, 6.07) is 0.739. The van der Waals surface area contributed by atoms with Crippen LogP contribution in [0.5, 0.6) is 0 Å². The number of rotatable bonds is 6. The van der Waals surface area contributed by atoms with Gasteiger partial charge in [-0.2, -0.15) is 11.8 Å². The van der Waals surface area contributed by atoms with Gasteiger partial charge in [0.1, 0.15) is 0 Å². The van der Waals surface area contributed by atoms with Gasteiger partial charge in [0.2, 0.25) is 0 Å². The van der Waals surface area contributed by atoms with Gasteiger partial charge in [-0.15, -0.1) is 0 Å². The zero-order chi connectivity index (χ0) is 13.2. The molecule has 0 aromatic heterocycles. The molecule has 106 valence electrons. The van der Waals surface area contributed by atoms with Crippen LogP contribution in [0.15, 0.2) is 0 Å². The Morgan fingerprint density at radius 3 is 2.50 bits per heavy atom. The topological polar surface area (TPSA) is 12.0 Å². The van der Waals surface area contributed by atoms with Crippen molar-refractivity contribution in [3.05, 3.63) is 0 Å². The molecule has 0 aromatic carbocycles. The van der Waals surface area contributed by atoms with E-state index in [4.69, 9.17) is 0 Å². The van der Waals surface area contributed by atoms with Gasteiger partial charge >= 0.3 is 0 Å². The quantitative estimate of drug-likeness (QED) is 0.770. The highest BCUT2D eigenvalue weighted by atomic mass is 32.2. The van der Waals surface area contributed by atoms with Gasteiger partial charge in [-0.05, 0) is 50.0 Å². The molecule has 1 N–H and O–H groups in total. The minimum atomic E-state index is 0.405. The molecule has 0 spiro atoms. The molecule has 0 aromatic rings. The van der Waals surface area contributed by atoms with E-state index in [0.29, 0.717) is 4.75 Å². The second-order valence-electron chi connectivity index (χ2n) is 7.35. The normalized spacial score (nSPS) is 33.0. The summed E-state index contributed by atoms with van der Waals surface area (Å²) >= 11 is 2.12. The summed E-state index contributed by atoms with van der Waals surface area (Å²) in [4.78, 5) is 0. The largest absolute Gasteiger partial charge is 0.313 e. The van der Waals surface area contributed by atoms with E-state index in [1.807, 2.05) is 0 Å². The Balaban J connectivity index is 1.79. The van der Waals surface area contributed by atoms with Crippen molar-refractivity contribution in [1.29, 1.82) is 0 Å². The third-order valence-electron chi connectivity index (χ3n) is 4.68. The highest BCUT2D eigenvalue weighted by Gasteiger charge is 2.40. The molecule has 1 nitrogen and oxygen atoms in total. The summed E-state index contributed by atoms with van der Waals surface area (Å²) < 4.78 is 0.405. The third-order valence-corrected chi connectivity index (χ3v) is 6.12. The number of hydrogen-bond donors (Lipinski definition) is 1. The van der Waals surface area contributed by atoms with E-state index >= 15 is 0 Å². The van der Waals surface area contributed by atoms with Crippen LogP contribution in [0.1, 0.15) is 59.8 Å². The summed E-state index contributed by atoms with van der Waals surface area (Å²) in [6.07, 6.45) is 7.57. The lowest BCUT2D eigenvalue weighted by molar-refractivity contribution is 0.287. The van der Waals surface area contributed by atoms with Crippen molar-refractivity contribution >= 4 is 11.8 Å². The lowest BCUT2D eigenvalue weighted by Gasteiger charge is -2.29. The molecule has 4 atom stereocenters. The Hall–Kier alpha value is 0.310. The van der Waals surface area contributed by atoms with Crippen molar-refractivity contribution in [2.24, 2.45) is 17.8 Å². The number of thioether (sulfide) groups is 1. The average Bonchev–Trinajstić information content (AvgIpc) is 2.87. The highest BCUT2D eigenvalue weighted by molar-refractivity contribution is 8.00. The molecule has 2 rings (SSSR count). The zero-order valence-electron chi connectivity index (χ0n) is 12.7. The Labute approximate surface area is 118 Å². The molecule has 0 amide bonds. The minimum absolute atomic E-state index is 0.405. The van der Waals surface area contributed by atoms with Gasteiger partial charge in [-0.1, -0.05) is 34.1 Å². The van der Waals surface area contributed by atoms with Crippen molar-refractivity contribution in [1.82, 2.24) is 5.32 Å². The molecule has 0 radical (unpaired) electrons. The zero-order valence-corrected chi connectivity index (χ0v) is 13.5. The molecule has 2 aliphatic rings. The Bertz CT molecular complexity index is 258. The number of nitrogens with one attached hydrogen (secondary N) is 1. The molecule has 2 aliphatic carbocycles. The molecule has 0 saturated heterocycles. The van der Waals surface area contributed by atoms with Crippen LogP contribution >= 0.6 is 11.8 Å². The lowest BCUT2D eigenvalue weighted by Crippen LogP contribution is -2.35. The molecule has 0 aliphatic heterocycles. The van der Waals surface area contributed by atoms with Crippen molar-refractivity contribution in [2.75, 3.05) is 12.3 Å². The maximum atomic E-state index is 3.72. The SMILES string of the molecule is CCNC(CSC(C)(C)C)CC1CC2CCC1C2. The van der Waals surface area contributed by atoms with Gasteiger partial charge in [0.05, 0.1) is 0 Å². The molecule has 0 heterocycles. The van der Waals surface area contributed by atoms with Crippen LogP contribution in [0.25, 0.3) is 0 Å². The Morgan fingerprint density at radius 1 is 1.22 bits per heavy atom. The summed E-state index contributed by atoms with van der Waals surface area (Å²) in [5, 5.41) is 3.72. The monoisotopic (exact) mass is 269 g/mol. The van der Waals surface area contributed by atoms with E-state index < -0.39 is 0 Å². The van der Waals surface area contributed by atoms with E-state index in [1.165, 1.54) is 31.4 Å². The second kappa shape index (κ2) is 6.17. The Morgan fingerprint density at radius 2 is 2.00 bits per heavy atom. The first-order chi connectivity index (χ1) is 8.48. The average molecular weight is 269 g/mol. The number of fused-ring (bicyclic) bond motifs is 2. The van der Waals surface area contributed by atoms with Gasteiger partial charge in [0.25, 0.3) is 0 Å². The standard InChI is InChI=1S/C16H31NS/c1-5-17-15(11-18-16(2,3)4)10-14-9-12-6-7-13(14)8-12/h12-15,17H,5-11H2,1-4H3. The van der Waals surface area contributed by atoms with Crippen LogP contribution < -0.4 is 5.32 Å². The van der Waals surface area contributed by atoms with Crippen LogP contribution in [0.4, 0.5) is 0 Å². The van der Waals surface area contributed by atoms with E-state index in [2.05, 4.69) is 44.8 Å². The first kappa shape index (κ1) is 14.7. The molecule has 18 heavy (non-hydrogen) atoms. The fraction of sp³-hybridized carbons (Fsp3) is 1.00. The van der Waals surface area contributed by atoms with Crippen LogP contribution in [0.2, 0.25) is 0 Å². The first-order valence-electron chi connectivity index (χ1n) is 7.85. The van der Waals surface area contributed by atoms with Crippen LogP contribution in [0, 0.1) is 17.8 Å². The molecule has 2 fully saturated rings. The maximum absolute atomic E-state index is 3.72. The summed E-state index contributed by atoms with van der Waals surface area (Å²) in [5.41, 5.74) is 0. The van der Waals surface area contributed by atoms with Gasteiger partial charge in [0, 0.05) is 16.5 Å². The first-order valence-corrected chi connectivity index (χ1v) is 8.84. The third kappa shape index (κ3) is 4.16. The predicted octanol–water partition coefficient (Wildman–Crippen LogP) is 4.32. The van der Waals surface area contributed by atoms with Gasteiger partial charge < -0.3 is 5.32 Å². The predicted molar refractivity (Wildman–Crippen MR) is 83.2 cm³/mol. The van der Waals surface area contributed by atoms with Crippen LogP contribution in [0.3, 0.4) is 0 Å². The molecule has 2 bridgehead atoms. The molecule has 2 saturated carbocycles. The Kier molecular flexibility index (Phi) is 5.05. The van der Waals surface area contributed by atoms with Crippen LogP contribution in [-0.4, -0.2) is 23.1 Å². The van der Waals surface area contributed by atoms with Crippen LogP contribution in [-0.2, 0) is 0 Å². The van der Waals surface area contributed by atoms with Gasteiger partial charge in [-0.25, -0.2) is 0 Å². The molecule has 2 heteroatoms. The highest BCUT2D eigenvalue weighted by Crippen LogP contribution is 2.50. The summed E-state index contributed by atoms with van der Waals surface area (Å²) in [7, 11) is 0. The molecule has 4 unspecified atom stereocenters. The van der Waals surface area contributed by atoms with Gasteiger partial charge in [-0.3, -0.25) is 0 Å². The minimum Gasteiger partial charge on any atom is -0.313 e. The fourth-order valence-electron chi connectivity index (χ4n) is 3.88. The van der Waals surface area contributed by atoms with Gasteiger partial charge in [0.15, 0.2) is 0 Å². The smallest absolute Gasteiger partial charge is 0.0161 e. The van der Waals surface area contributed by atoms with E-state index in [-0.39, 0.29) is 0 Å². The summed E-state index contributed by atoms with van der Waals surface area (Å²) in [5.74, 6) is 4.49. The lowest BCUT2D eigenvalue weighted by atomic mass is 9.84. The van der Waals surface area contributed by atoms with E-state index in [1.54, 1.807) is 6.42 Å².